The lowest BCUT2D eigenvalue weighted by atomic mass is 10.1. The van der Waals surface area contributed by atoms with Gasteiger partial charge in [0.15, 0.2) is 0 Å². The third kappa shape index (κ3) is 2.48. The number of halogens is 1. The van der Waals surface area contributed by atoms with Gasteiger partial charge in [-0.3, -0.25) is 4.79 Å². The molecule has 4 nitrogen and oxygen atoms in total. The van der Waals surface area contributed by atoms with E-state index >= 15 is 0 Å². The lowest BCUT2D eigenvalue weighted by Crippen LogP contribution is -2.11. The van der Waals surface area contributed by atoms with Gasteiger partial charge in [0, 0.05) is 7.05 Å². The molecule has 78 valence electrons. The highest BCUT2D eigenvalue weighted by molar-refractivity contribution is 6.30. The number of hydrogen-bond acceptors (Lipinski definition) is 2. The second-order valence-electron chi connectivity index (χ2n) is 3.37. The Balaban J connectivity index is 2.57. The number of imidazole rings is 1. The highest BCUT2D eigenvalue weighted by Crippen LogP contribution is 2.16. The maximum atomic E-state index is 10.6. The highest BCUT2D eigenvalue weighted by atomic mass is 35.5. The Morgan fingerprint density at radius 2 is 2.43 bits per heavy atom. The molecule has 0 amide bonds. The minimum absolute atomic E-state index is 0.346. The molecule has 0 bridgehead atoms. The van der Waals surface area contributed by atoms with Gasteiger partial charge in [0.05, 0.1) is 17.9 Å². The molecule has 1 aromatic rings. The molecule has 0 aliphatic heterocycles. The summed E-state index contributed by atoms with van der Waals surface area (Å²) in [5, 5.41) is 9.16. The van der Waals surface area contributed by atoms with Crippen LogP contribution in [-0.2, 0) is 18.3 Å². The molecule has 1 atom stereocenters. The van der Waals surface area contributed by atoms with Crippen LogP contribution in [0.1, 0.15) is 19.0 Å². The molecule has 0 radical (unpaired) electrons. The van der Waals surface area contributed by atoms with Gasteiger partial charge in [0.1, 0.15) is 5.15 Å². The summed E-state index contributed by atoms with van der Waals surface area (Å²) in [6, 6.07) is 0. The van der Waals surface area contributed by atoms with E-state index in [-0.39, 0.29) is 5.92 Å². The van der Waals surface area contributed by atoms with Crippen molar-refractivity contribution < 1.29 is 9.90 Å². The first kappa shape index (κ1) is 11.0. The van der Waals surface area contributed by atoms with Crippen LogP contribution in [0.15, 0.2) is 6.33 Å². The predicted molar refractivity (Wildman–Crippen MR) is 53.3 cm³/mol. The Kier molecular flexibility index (Phi) is 3.52. The van der Waals surface area contributed by atoms with Crippen LogP contribution in [-0.4, -0.2) is 20.6 Å². The van der Waals surface area contributed by atoms with Crippen LogP contribution >= 0.6 is 11.6 Å². The van der Waals surface area contributed by atoms with Gasteiger partial charge in [-0.05, 0) is 12.8 Å². The van der Waals surface area contributed by atoms with Crippen molar-refractivity contribution in [3.05, 3.63) is 17.2 Å². The quantitative estimate of drug-likeness (QED) is 0.834. The molecule has 1 N–H and O–H groups in total. The number of rotatable bonds is 4. The van der Waals surface area contributed by atoms with Gasteiger partial charge in [-0.25, -0.2) is 4.98 Å². The Hall–Kier alpha value is -1.03. The fraction of sp³-hybridized carbons (Fsp3) is 0.556. The SMILES string of the molecule is CC(CCc1c(Cl)ncn1C)C(=O)O. The van der Waals surface area contributed by atoms with E-state index in [0.29, 0.717) is 18.0 Å². The molecule has 1 aromatic heterocycles. The van der Waals surface area contributed by atoms with E-state index in [0.717, 1.165) is 5.69 Å². The van der Waals surface area contributed by atoms with E-state index < -0.39 is 5.97 Å². The largest absolute Gasteiger partial charge is 0.481 e. The van der Waals surface area contributed by atoms with Crippen molar-refractivity contribution in [3.8, 4) is 0 Å². The van der Waals surface area contributed by atoms with E-state index in [1.165, 1.54) is 0 Å². The van der Waals surface area contributed by atoms with Crippen molar-refractivity contribution in [2.45, 2.75) is 19.8 Å². The molecule has 5 heteroatoms. The summed E-state index contributed by atoms with van der Waals surface area (Å²) < 4.78 is 1.82. The fourth-order valence-electron chi connectivity index (χ4n) is 1.18. The number of carboxylic acid groups (broad SMARTS) is 1. The number of aromatic nitrogens is 2. The molecule has 1 heterocycles. The standard InChI is InChI=1S/C9H13ClN2O2/c1-6(9(13)14)3-4-7-8(10)11-5-12(7)2/h5-6H,3-4H2,1-2H3,(H,13,14). The van der Waals surface area contributed by atoms with Crippen molar-refractivity contribution in [3.63, 3.8) is 0 Å². The van der Waals surface area contributed by atoms with Crippen LogP contribution in [0.3, 0.4) is 0 Å². The van der Waals surface area contributed by atoms with Crippen molar-refractivity contribution in [1.29, 1.82) is 0 Å². The van der Waals surface area contributed by atoms with Gasteiger partial charge in [-0.1, -0.05) is 18.5 Å². The van der Waals surface area contributed by atoms with Crippen molar-refractivity contribution >= 4 is 17.6 Å². The van der Waals surface area contributed by atoms with Crippen molar-refractivity contribution in [2.75, 3.05) is 0 Å². The summed E-state index contributed by atoms with van der Waals surface area (Å²) in [5.41, 5.74) is 0.889. The first-order chi connectivity index (χ1) is 6.52. The zero-order chi connectivity index (χ0) is 10.7. The third-order valence-corrected chi connectivity index (χ3v) is 2.56. The molecule has 1 rings (SSSR count). The maximum Gasteiger partial charge on any atom is 0.306 e. The maximum absolute atomic E-state index is 10.6. The van der Waals surface area contributed by atoms with Crippen LogP contribution in [0, 0.1) is 5.92 Å². The monoisotopic (exact) mass is 216 g/mol. The predicted octanol–water partition coefficient (Wildman–Crippen LogP) is 1.73. The molecule has 0 aliphatic carbocycles. The molecular formula is C9H13ClN2O2. The molecule has 0 saturated carbocycles. The second kappa shape index (κ2) is 4.46. The Morgan fingerprint density at radius 3 is 2.86 bits per heavy atom. The van der Waals surface area contributed by atoms with Crippen LogP contribution in [0.2, 0.25) is 5.15 Å². The van der Waals surface area contributed by atoms with Crippen molar-refractivity contribution in [2.24, 2.45) is 13.0 Å². The minimum atomic E-state index is -0.775. The summed E-state index contributed by atoms with van der Waals surface area (Å²) in [6.45, 7) is 1.69. The Labute approximate surface area is 87.5 Å². The number of hydrogen-bond donors (Lipinski definition) is 1. The Morgan fingerprint density at radius 1 is 1.79 bits per heavy atom. The number of aliphatic carboxylic acids is 1. The average molecular weight is 217 g/mol. The summed E-state index contributed by atoms with van der Waals surface area (Å²) in [4.78, 5) is 14.5. The Bertz CT molecular complexity index is 316. The number of aryl methyl sites for hydroxylation is 1. The van der Waals surface area contributed by atoms with Gasteiger partial charge in [0.25, 0.3) is 0 Å². The van der Waals surface area contributed by atoms with Gasteiger partial charge < -0.3 is 9.67 Å². The summed E-state index contributed by atoms with van der Waals surface area (Å²) in [7, 11) is 1.85. The molecule has 0 fully saturated rings. The lowest BCUT2D eigenvalue weighted by molar-refractivity contribution is -0.141. The second-order valence-corrected chi connectivity index (χ2v) is 3.73. The molecule has 0 saturated heterocycles. The number of carbonyl (C=O) groups is 1. The van der Waals surface area contributed by atoms with E-state index in [2.05, 4.69) is 4.98 Å². The molecule has 14 heavy (non-hydrogen) atoms. The molecule has 0 spiro atoms. The minimum Gasteiger partial charge on any atom is -0.481 e. The van der Waals surface area contributed by atoms with Crippen molar-refractivity contribution in [1.82, 2.24) is 9.55 Å². The average Bonchev–Trinajstić information content (AvgIpc) is 2.43. The highest BCUT2D eigenvalue weighted by Gasteiger charge is 2.13. The number of nitrogens with zero attached hydrogens (tertiary/aromatic N) is 2. The van der Waals surface area contributed by atoms with Gasteiger partial charge >= 0.3 is 5.97 Å². The van der Waals surface area contributed by atoms with E-state index in [4.69, 9.17) is 16.7 Å². The van der Waals surface area contributed by atoms with E-state index in [9.17, 15) is 4.79 Å². The van der Waals surface area contributed by atoms with Gasteiger partial charge in [0.2, 0.25) is 0 Å². The van der Waals surface area contributed by atoms with Crippen LogP contribution in [0.5, 0.6) is 0 Å². The molecular weight excluding hydrogens is 204 g/mol. The molecule has 1 unspecified atom stereocenters. The lowest BCUT2D eigenvalue weighted by Gasteiger charge is -2.06. The molecule has 0 aromatic carbocycles. The summed E-state index contributed by atoms with van der Waals surface area (Å²) in [5.74, 6) is -1.12. The third-order valence-electron chi connectivity index (χ3n) is 2.24. The fourth-order valence-corrected chi connectivity index (χ4v) is 1.45. The normalized spacial score (nSPS) is 12.8. The van der Waals surface area contributed by atoms with E-state index in [1.54, 1.807) is 13.3 Å². The van der Waals surface area contributed by atoms with Crippen LogP contribution < -0.4 is 0 Å². The zero-order valence-corrected chi connectivity index (χ0v) is 8.95. The summed E-state index contributed by atoms with van der Waals surface area (Å²) in [6.07, 6.45) is 2.85. The first-order valence-electron chi connectivity index (χ1n) is 4.41. The van der Waals surface area contributed by atoms with E-state index in [1.807, 2.05) is 11.6 Å². The number of carboxylic acids is 1. The van der Waals surface area contributed by atoms with Crippen LogP contribution in [0.25, 0.3) is 0 Å². The summed E-state index contributed by atoms with van der Waals surface area (Å²) >= 11 is 5.83. The zero-order valence-electron chi connectivity index (χ0n) is 8.20. The smallest absolute Gasteiger partial charge is 0.306 e. The van der Waals surface area contributed by atoms with Crippen LogP contribution in [0.4, 0.5) is 0 Å². The van der Waals surface area contributed by atoms with Gasteiger partial charge in [-0.15, -0.1) is 0 Å². The molecule has 0 aliphatic rings. The first-order valence-corrected chi connectivity index (χ1v) is 4.78. The van der Waals surface area contributed by atoms with Gasteiger partial charge in [-0.2, -0.15) is 0 Å². The topological polar surface area (TPSA) is 55.1 Å².